The Hall–Kier alpha value is -1.84. The fourth-order valence-corrected chi connectivity index (χ4v) is 1.67. The zero-order valence-corrected chi connectivity index (χ0v) is 7.65. The Morgan fingerprint density at radius 1 is 1.57 bits per heavy atom. The summed E-state index contributed by atoms with van der Waals surface area (Å²) in [5.74, 6) is -0.997. The molecule has 1 aliphatic carbocycles. The van der Waals surface area contributed by atoms with Crippen molar-refractivity contribution in [1.82, 2.24) is 4.57 Å². The summed E-state index contributed by atoms with van der Waals surface area (Å²) in [7, 11) is 1.56. The Kier molecular flexibility index (Phi) is 1.77. The van der Waals surface area contributed by atoms with E-state index in [1.807, 2.05) is 0 Å². The Labute approximate surface area is 80.1 Å². The Morgan fingerprint density at radius 3 is 2.93 bits per heavy atom. The first kappa shape index (κ1) is 8.74. The number of carbonyl (C=O) groups is 1. The van der Waals surface area contributed by atoms with E-state index in [1.54, 1.807) is 19.2 Å². The predicted molar refractivity (Wildman–Crippen MR) is 51.4 cm³/mol. The molecule has 0 aromatic carbocycles. The number of rotatable bonds is 1. The normalized spacial score (nSPS) is 12.9. The first-order valence-electron chi connectivity index (χ1n) is 4.23. The number of fused-ring (bicyclic) bond motifs is 1. The van der Waals surface area contributed by atoms with Gasteiger partial charge in [0.2, 0.25) is 0 Å². The number of nitrogens with zero attached hydrogens (tertiary/aromatic N) is 1. The molecule has 0 amide bonds. The number of hydrogen-bond donors (Lipinski definition) is 1. The smallest absolute Gasteiger partial charge is 0.337 e. The number of carboxylic acid groups (broad SMARTS) is 1. The lowest BCUT2D eigenvalue weighted by atomic mass is 10.1. The van der Waals surface area contributed by atoms with Gasteiger partial charge in [0.1, 0.15) is 0 Å². The van der Waals surface area contributed by atoms with Crippen LogP contribution in [0, 0.1) is 0 Å². The second-order valence-corrected chi connectivity index (χ2v) is 3.26. The SMILES string of the molecule is Cn1cc(C(=O)O)c2c(c1=O)CC=C2. The van der Waals surface area contributed by atoms with Gasteiger partial charge in [-0.3, -0.25) is 4.79 Å². The van der Waals surface area contributed by atoms with Crippen LogP contribution in [0.4, 0.5) is 0 Å². The van der Waals surface area contributed by atoms with E-state index in [-0.39, 0.29) is 11.1 Å². The van der Waals surface area contributed by atoms with Crippen LogP contribution in [-0.4, -0.2) is 15.6 Å². The first-order chi connectivity index (χ1) is 6.61. The summed E-state index contributed by atoms with van der Waals surface area (Å²) in [5.41, 5.74) is 1.21. The summed E-state index contributed by atoms with van der Waals surface area (Å²) >= 11 is 0. The summed E-state index contributed by atoms with van der Waals surface area (Å²) in [6.45, 7) is 0. The van der Waals surface area contributed by atoms with Crippen molar-refractivity contribution in [2.45, 2.75) is 6.42 Å². The second kappa shape index (κ2) is 2.83. The van der Waals surface area contributed by atoms with E-state index >= 15 is 0 Å². The summed E-state index contributed by atoms with van der Waals surface area (Å²) in [4.78, 5) is 22.4. The Bertz CT molecular complexity index is 497. The van der Waals surface area contributed by atoms with Crippen LogP contribution in [0.1, 0.15) is 21.5 Å². The molecule has 0 fully saturated rings. The van der Waals surface area contributed by atoms with Gasteiger partial charge in [0, 0.05) is 18.8 Å². The van der Waals surface area contributed by atoms with Crippen molar-refractivity contribution in [1.29, 1.82) is 0 Å². The van der Waals surface area contributed by atoms with Crippen molar-refractivity contribution in [3.05, 3.63) is 39.3 Å². The van der Waals surface area contributed by atoms with Crippen LogP contribution >= 0.6 is 0 Å². The van der Waals surface area contributed by atoms with Crippen LogP contribution in [0.2, 0.25) is 0 Å². The molecule has 1 heterocycles. The molecule has 1 aliphatic rings. The highest BCUT2D eigenvalue weighted by Crippen LogP contribution is 2.19. The largest absolute Gasteiger partial charge is 0.478 e. The fourth-order valence-electron chi connectivity index (χ4n) is 1.67. The van der Waals surface area contributed by atoms with Gasteiger partial charge in [-0.25, -0.2) is 4.79 Å². The van der Waals surface area contributed by atoms with Crippen LogP contribution in [0.5, 0.6) is 0 Å². The monoisotopic (exact) mass is 191 g/mol. The zero-order chi connectivity index (χ0) is 10.3. The van der Waals surface area contributed by atoms with Gasteiger partial charge >= 0.3 is 5.97 Å². The van der Waals surface area contributed by atoms with Crippen molar-refractivity contribution in [3.63, 3.8) is 0 Å². The Balaban J connectivity index is 2.81. The molecule has 72 valence electrons. The number of aryl methyl sites for hydroxylation is 1. The van der Waals surface area contributed by atoms with E-state index in [2.05, 4.69) is 0 Å². The molecule has 0 saturated carbocycles. The average Bonchev–Trinajstić information content (AvgIpc) is 2.59. The van der Waals surface area contributed by atoms with Crippen LogP contribution in [0.15, 0.2) is 17.1 Å². The van der Waals surface area contributed by atoms with E-state index in [1.165, 1.54) is 10.8 Å². The van der Waals surface area contributed by atoms with Crippen LogP contribution in [0.25, 0.3) is 6.08 Å². The minimum absolute atomic E-state index is 0.116. The van der Waals surface area contributed by atoms with Gasteiger partial charge in [-0.05, 0) is 12.0 Å². The molecule has 4 nitrogen and oxygen atoms in total. The van der Waals surface area contributed by atoms with E-state index < -0.39 is 5.97 Å². The lowest BCUT2D eigenvalue weighted by Crippen LogP contribution is -2.23. The van der Waals surface area contributed by atoms with Crippen molar-refractivity contribution in [2.24, 2.45) is 7.05 Å². The molecule has 0 bridgehead atoms. The van der Waals surface area contributed by atoms with Gasteiger partial charge in [0.15, 0.2) is 0 Å². The van der Waals surface area contributed by atoms with Crippen LogP contribution in [0.3, 0.4) is 0 Å². The predicted octanol–water partition coefficient (Wildman–Crippen LogP) is 0.653. The Morgan fingerprint density at radius 2 is 2.29 bits per heavy atom. The summed E-state index contributed by atoms with van der Waals surface area (Å²) < 4.78 is 1.31. The zero-order valence-electron chi connectivity index (χ0n) is 7.65. The van der Waals surface area contributed by atoms with Gasteiger partial charge in [-0.1, -0.05) is 12.2 Å². The lowest BCUT2D eigenvalue weighted by molar-refractivity contribution is 0.0695. The molecule has 0 unspecified atom stereocenters. The highest BCUT2D eigenvalue weighted by molar-refractivity contribution is 5.93. The van der Waals surface area contributed by atoms with Gasteiger partial charge in [0.25, 0.3) is 5.56 Å². The number of hydrogen-bond acceptors (Lipinski definition) is 2. The maximum atomic E-state index is 11.6. The minimum Gasteiger partial charge on any atom is -0.478 e. The van der Waals surface area contributed by atoms with Gasteiger partial charge in [0.05, 0.1) is 5.56 Å². The molecule has 0 spiro atoms. The third kappa shape index (κ3) is 1.08. The molecule has 1 aromatic heterocycles. The number of allylic oxidation sites excluding steroid dienone is 1. The van der Waals surface area contributed by atoms with Gasteiger partial charge in [-0.15, -0.1) is 0 Å². The molecular formula is C10H9NO3. The molecule has 4 heteroatoms. The summed E-state index contributed by atoms with van der Waals surface area (Å²) in [6.07, 6.45) is 5.39. The number of pyridine rings is 1. The quantitative estimate of drug-likeness (QED) is 0.709. The molecule has 14 heavy (non-hydrogen) atoms. The third-order valence-corrected chi connectivity index (χ3v) is 2.35. The molecule has 1 aromatic rings. The van der Waals surface area contributed by atoms with Crippen molar-refractivity contribution >= 4 is 12.0 Å². The lowest BCUT2D eigenvalue weighted by Gasteiger charge is -2.06. The number of aromatic nitrogens is 1. The minimum atomic E-state index is -0.997. The van der Waals surface area contributed by atoms with Gasteiger partial charge in [-0.2, -0.15) is 0 Å². The van der Waals surface area contributed by atoms with Crippen LogP contribution in [-0.2, 0) is 13.5 Å². The van der Waals surface area contributed by atoms with Crippen LogP contribution < -0.4 is 5.56 Å². The molecule has 2 rings (SSSR count). The highest BCUT2D eigenvalue weighted by Gasteiger charge is 2.18. The molecule has 0 atom stereocenters. The molecule has 0 aliphatic heterocycles. The fraction of sp³-hybridized carbons (Fsp3) is 0.200. The first-order valence-corrected chi connectivity index (χ1v) is 4.23. The maximum Gasteiger partial charge on any atom is 0.337 e. The van der Waals surface area contributed by atoms with Crippen molar-refractivity contribution in [3.8, 4) is 0 Å². The molecular weight excluding hydrogens is 182 g/mol. The topological polar surface area (TPSA) is 59.3 Å². The molecule has 0 radical (unpaired) electrons. The number of carboxylic acids is 1. The number of aromatic carboxylic acids is 1. The van der Waals surface area contributed by atoms with Crippen molar-refractivity contribution in [2.75, 3.05) is 0 Å². The second-order valence-electron chi connectivity index (χ2n) is 3.26. The van der Waals surface area contributed by atoms with Crippen molar-refractivity contribution < 1.29 is 9.90 Å². The standard InChI is InChI=1S/C10H9NO3/c1-11-5-8(10(13)14)6-3-2-4-7(6)9(11)12/h2-3,5H,4H2,1H3,(H,13,14). The summed E-state index contributed by atoms with van der Waals surface area (Å²) in [6, 6.07) is 0. The van der Waals surface area contributed by atoms with E-state index in [0.717, 1.165) is 0 Å². The molecule has 1 N–H and O–H groups in total. The van der Waals surface area contributed by atoms with E-state index in [0.29, 0.717) is 17.5 Å². The third-order valence-electron chi connectivity index (χ3n) is 2.35. The highest BCUT2D eigenvalue weighted by atomic mass is 16.4. The van der Waals surface area contributed by atoms with E-state index in [9.17, 15) is 9.59 Å². The maximum absolute atomic E-state index is 11.6. The van der Waals surface area contributed by atoms with E-state index in [4.69, 9.17) is 5.11 Å². The molecule has 0 saturated heterocycles. The average molecular weight is 191 g/mol. The summed E-state index contributed by atoms with van der Waals surface area (Å²) in [5, 5.41) is 8.92. The van der Waals surface area contributed by atoms with Gasteiger partial charge < -0.3 is 9.67 Å².